The molecule has 10 heteroatoms. The molecule has 1 aliphatic heterocycles. The Balaban J connectivity index is 1.77. The van der Waals surface area contributed by atoms with Crippen LogP contribution in [-0.2, 0) is 15.4 Å². The van der Waals surface area contributed by atoms with Crippen molar-refractivity contribution in [2.75, 3.05) is 24.6 Å². The molecule has 8 nitrogen and oxygen atoms in total. The van der Waals surface area contributed by atoms with E-state index in [9.17, 15) is 10.1 Å². The van der Waals surface area contributed by atoms with E-state index in [4.69, 9.17) is 8.85 Å². The van der Waals surface area contributed by atoms with Crippen LogP contribution >= 0.6 is 0 Å². The minimum absolute atomic E-state index is 0.142. The molecule has 202 valence electrons. The molecule has 36 heavy (non-hydrogen) atoms. The summed E-state index contributed by atoms with van der Waals surface area (Å²) in [5.41, 5.74) is 1.72. The molecule has 1 fully saturated rings. The number of hydrogen-bond acceptors (Lipinski definition) is 6. The number of piperidine rings is 1. The van der Waals surface area contributed by atoms with Gasteiger partial charge in [0.25, 0.3) is 5.69 Å². The van der Waals surface area contributed by atoms with Crippen molar-refractivity contribution in [2.45, 2.75) is 103 Å². The zero-order valence-corrected chi connectivity index (χ0v) is 26.0. The number of fused-ring (bicyclic) bond motifs is 1. The van der Waals surface area contributed by atoms with E-state index >= 15 is 0 Å². The topological polar surface area (TPSA) is 82.7 Å². The summed E-state index contributed by atoms with van der Waals surface area (Å²) in [6.45, 7) is 25.2. The average Bonchev–Trinajstić information content (AvgIpc) is 3.13. The third-order valence-electron chi connectivity index (χ3n) is 8.56. The molecule has 1 aromatic carbocycles. The SMILES string of the molecule is CC(C)(C)[Si](C)(C)OCCn1ncc2cc([N+](=O)[O-])c(N3CCC(O[Si](C)(C)C(C)(C)C)CC3)cc21. The molecular formula is C26H46N4O4Si2. The van der Waals surface area contributed by atoms with Gasteiger partial charge in [-0.1, -0.05) is 41.5 Å². The van der Waals surface area contributed by atoms with Gasteiger partial charge in [-0.3, -0.25) is 14.8 Å². The molecular weight excluding hydrogens is 488 g/mol. The van der Waals surface area contributed by atoms with Crippen molar-refractivity contribution in [1.29, 1.82) is 0 Å². The molecule has 0 unspecified atom stereocenters. The van der Waals surface area contributed by atoms with Gasteiger partial charge < -0.3 is 13.8 Å². The first-order valence-electron chi connectivity index (χ1n) is 13.1. The second-order valence-corrected chi connectivity index (χ2v) is 22.8. The van der Waals surface area contributed by atoms with E-state index in [1.807, 2.05) is 10.7 Å². The van der Waals surface area contributed by atoms with Crippen LogP contribution in [0.2, 0.25) is 36.3 Å². The molecule has 2 heterocycles. The standard InChI is InChI=1S/C26H46N4O4Si2/c1-25(2,3)35(7,8)33-16-15-29-22-18-23(24(30(31)32)17-20(22)19-27-29)28-13-11-21(12-14-28)34-36(9,10)26(4,5)6/h17-19,21H,11-16H2,1-10H3. The molecule has 3 rings (SSSR count). The van der Waals surface area contributed by atoms with Crippen LogP contribution in [0.1, 0.15) is 54.4 Å². The third kappa shape index (κ3) is 6.20. The molecule has 2 aromatic rings. The Kier molecular flexibility index (Phi) is 8.15. The first-order chi connectivity index (χ1) is 16.4. The Morgan fingerprint density at radius 3 is 2.14 bits per heavy atom. The molecule has 0 atom stereocenters. The van der Waals surface area contributed by atoms with Gasteiger partial charge in [0.1, 0.15) is 5.69 Å². The number of hydrogen-bond donors (Lipinski definition) is 0. The van der Waals surface area contributed by atoms with Crippen molar-refractivity contribution in [3.8, 4) is 0 Å². The van der Waals surface area contributed by atoms with Crippen LogP contribution in [0.25, 0.3) is 10.9 Å². The summed E-state index contributed by atoms with van der Waals surface area (Å²) in [5, 5.41) is 17.6. The van der Waals surface area contributed by atoms with E-state index in [0.717, 1.165) is 36.8 Å². The van der Waals surface area contributed by atoms with Crippen LogP contribution in [0.3, 0.4) is 0 Å². The molecule has 0 saturated carbocycles. The lowest BCUT2D eigenvalue weighted by atomic mass is 10.1. The van der Waals surface area contributed by atoms with Crippen LogP contribution < -0.4 is 4.90 Å². The van der Waals surface area contributed by atoms with Gasteiger partial charge in [-0.05, 0) is 55.2 Å². The van der Waals surface area contributed by atoms with Crippen molar-refractivity contribution in [3.05, 3.63) is 28.4 Å². The molecule has 1 aromatic heterocycles. The number of benzene rings is 1. The summed E-state index contributed by atoms with van der Waals surface area (Å²) in [6.07, 6.45) is 3.68. The number of nitro groups is 1. The summed E-state index contributed by atoms with van der Waals surface area (Å²) >= 11 is 0. The Labute approximate surface area is 218 Å². The number of anilines is 1. The first kappa shape index (κ1) is 28.8. The highest BCUT2D eigenvalue weighted by Crippen LogP contribution is 2.40. The second-order valence-electron chi connectivity index (χ2n) is 13.2. The smallest absolute Gasteiger partial charge is 0.293 e. The Morgan fingerprint density at radius 2 is 1.61 bits per heavy atom. The molecule has 0 radical (unpaired) electrons. The maximum atomic E-state index is 12.0. The van der Waals surface area contributed by atoms with E-state index in [-0.39, 0.29) is 26.8 Å². The summed E-state index contributed by atoms with van der Waals surface area (Å²) in [6, 6.07) is 3.61. The summed E-state index contributed by atoms with van der Waals surface area (Å²) in [5.74, 6) is 0. The Hall–Kier alpha value is -1.76. The molecule has 1 aliphatic rings. The largest absolute Gasteiger partial charge is 0.415 e. The zero-order valence-electron chi connectivity index (χ0n) is 24.0. The normalized spacial score (nSPS) is 16.7. The number of aromatic nitrogens is 2. The molecule has 0 amide bonds. The number of nitro benzene ring substituents is 1. The average molecular weight is 535 g/mol. The lowest BCUT2D eigenvalue weighted by molar-refractivity contribution is -0.384. The lowest BCUT2D eigenvalue weighted by Crippen LogP contribution is -2.47. The maximum absolute atomic E-state index is 12.0. The van der Waals surface area contributed by atoms with Crippen LogP contribution in [-0.4, -0.2) is 57.1 Å². The number of rotatable bonds is 8. The zero-order chi connectivity index (χ0) is 27.1. The number of nitrogens with zero attached hydrogens (tertiary/aromatic N) is 4. The minimum Gasteiger partial charge on any atom is -0.415 e. The predicted molar refractivity (Wildman–Crippen MR) is 153 cm³/mol. The molecule has 0 aliphatic carbocycles. The predicted octanol–water partition coefficient (Wildman–Crippen LogP) is 6.96. The van der Waals surface area contributed by atoms with Gasteiger partial charge >= 0.3 is 0 Å². The van der Waals surface area contributed by atoms with Gasteiger partial charge in [-0.15, -0.1) is 0 Å². The lowest BCUT2D eigenvalue weighted by Gasteiger charge is -2.42. The van der Waals surface area contributed by atoms with Crippen molar-refractivity contribution in [1.82, 2.24) is 9.78 Å². The van der Waals surface area contributed by atoms with E-state index in [1.165, 1.54) is 0 Å². The summed E-state index contributed by atoms with van der Waals surface area (Å²) in [4.78, 5) is 13.8. The van der Waals surface area contributed by atoms with Gasteiger partial charge in [-0.25, -0.2) is 0 Å². The highest BCUT2D eigenvalue weighted by molar-refractivity contribution is 6.74. The summed E-state index contributed by atoms with van der Waals surface area (Å²) in [7, 11) is -3.69. The second kappa shape index (κ2) is 10.2. The third-order valence-corrected chi connectivity index (χ3v) is 17.6. The van der Waals surface area contributed by atoms with Gasteiger partial charge in [0, 0.05) is 30.6 Å². The molecule has 0 N–H and O–H groups in total. The molecule has 1 saturated heterocycles. The fraction of sp³-hybridized carbons (Fsp3) is 0.731. The Morgan fingerprint density at radius 1 is 1.03 bits per heavy atom. The highest BCUT2D eigenvalue weighted by atomic mass is 28.4. The fourth-order valence-corrected chi connectivity index (χ4v) is 6.55. The highest BCUT2D eigenvalue weighted by Gasteiger charge is 2.40. The van der Waals surface area contributed by atoms with Crippen LogP contribution in [0.5, 0.6) is 0 Å². The van der Waals surface area contributed by atoms with E-state index in [0.29, 0.717) is 18.8 Å². The van der Waals surface area contributed by atoms with E-state index < -0.39 is 16.6 Å². The molecule has 0 spiro atoms. The monoisotopic (exact) mass is 534 g/mol. The minimum atomic E-state index is -1.85. The van der Waals surface area contributed by atoms with Gasteiger partial charge in [0.05, 0.1) is 29.8 Å². The van der Waals surface area contributed by atoms with Gasteiger partial charge in [0.15, 0.2) is 16.6 Å². The van der Waals surface area contributed by atoms with E-state index in [2.05, 4.69) is 77.7 Å². The Bertz CT molecular complexity index is 1080. The van der Waals surface area contributed by atoms with Crippen LogP contribution in [0, 0.1) is 10.1 Å². The van der Waals surface area contributed by atoms with Crippen LogP contribution in [0.15, 0.2) is 18.3 Å². The summed E-state index contributed by atoms with van der Waals surface area (Å²) < 4.78 is 14.9. The quantitative estimate of drug-likeness (QED) is 0.207. The van der Waals surface area contributed by atoms with Gasteiger partial charge in [0.2, 0.25) is 0 Å². The first-order valence-corrected chi connectivity index (χ1v) is 19.0. The maximum Gasteiger partial charge on any atom is 0.293 e. The van der Waals surface area contributed by atoms with E-state index in [1.54, 1.807) is 12.3 Å². The van der Waals surface area contributed by atoms with Crippen molar-refractivity contribution < 1.29 is 13.8 Å². The molecule has 0 bridgehead atoms. The van der Waals surface area contributed by atoms with Crippen molar-refractivity contribution >= 4 is 38.9 Å². The van der Waals surface area contributed by atoms with Crippen LogP contribution in [0.4, 0.5) is 11.4 Å². The van der Waals surface area contributed by atoms with Crippen molar-refractivity contribution in [3.63, 3.8) is 0 Å². The fourth-order valence-electron chi connectivity index (χ4n) is 4.09. The van der Waals surface area contributed by atoms with Crippen molar-refractivity contribution in [2.24, 2.45) is 0 Å². The van der Waals surface area contributed by atoms with Gasteiger partial charge in [-0.2, -0.15) is 5.10 Å².